The normalized spacial score (nSPS) is 10.6. The number of rotatable bonds is 1. The zero-order chi connectivity index (χ0) is 7.68. The van der Waals surface area contributed by atoms with Gasteiger partial charge in [-0.3, -0.25) is 0 Å². The molecule has 0 unspecified atom stereocenters. The summed E-state index contributed by atoms with van der Waals surface area (Å²) in [4.78, 5) is 9.19. The third kappa shape index (κ3) is 1.07. The lowest BCUT2D eigenvalue weighted by Gasteiger charge is -1.90. The molecular weight excluding hydrogens is 160 g/mol. The molecule has 56 valence electrons. The molecule has 0 saturated carbocycles. The molecule has 0 aromatic carbocycles. The van der Waals surface area contributed by atoms with E-state index in [1.807, 2.05) is 6.92 Å². The van der Waals surface area contributed by atoms with E-state index >= 15 is 0 Å². The molecule has 2 aromatic heterocycles. The van der Waals surface area contributed by atoms with Gasteiger partial charge in [-0.2, -0.15) is 0 Å². The molecule has 0 atom stereocenters. The van der Waals surface area contributed by atoms with Crippen LogP contribution in [0.1, 0.15) is 12.6 Å². The van der Waals surface area contributed by atoms with Crippen LogP contribution in [0.3, 0.4) is 0 Å². The highest BCUT2D eigenvalue weighted by Crippen LogP contribution is 2.09. The van der Waals surface area contributed by atoms with Crippen LogP contribution in [0, 0.1) is 0 Å². The van der Waals surface area contributed by atoms with Crippen LogP contribution in [0.25, 0.3) is 10.5 Å². The molecule has 2 rings (SSSR count). The summed E-state index contributed by atoms with van der Waals surface area (Å²) in [6.45, 7) is 2.05. The number of aryl methyl sites for hydroxylation is 1. The van der Waals surface area contributed by atoms with Crippen LogP contribution < -0.4 is 0 Å². The minimum atomic E-state index is 0.646. The molecule has 11 heavy (non-hydrogen) atoms. The first-order chi connectivity index (χ1) is 5.40. The molecule has 2 heterocycles. The predicted molar refractivity (Wildman–Crippen MR) is 42.4 cm³/mol. The van der Waals surface area contributed by atoms with Crippen LogP contribution >= 0.6 is 11.5 Å². The quantitative estimate of drug-likeness (QED) is 0.635. The average molecular weight is 166 g/mol. The minimum Gasteiger partial charge on any atom is -0.236 e. The third-order valence-corrected chi connectivity index (χ3v) is 2.01. The molecule has 0 aliphatic heterocycles. The fraction of sp³-hybridized carbons (Fsp3) is 0.333. The summed E-state index contributed by atoms with van der Waals surface area (Å²) >= 11 is 1.28. The van der Waals surface area contributed by atoms with Gasteiger partial charge in [-0.15, -0.1) is 5.10 Å². The van der Waals surface area contributed by atoms with Gasteiger partial charge in [-0.25, -0.2) is 9.97 Å². The second kappa shape index (κ2) is 2.50. The Morgan fingerprint density at radius 1 is 1.55 bits per heavy atom. The highest BCUT2D eigenvalue weighted by molar-refractivity contribution is 7.12. The van der Waals surface area contributed by atoms with E-state index < -0.39 is 0 Å². The first-order valence-electron chi connectivity index (χ1n) is 3.34. The fourth-order valence-electron chi connectivity index (χ4n) is 0.798. The zero-order valence-electron chi connectivity index (χ0n) is 5.98. The van der Waals surface area contributed by atoms with Gasteiger partial charge >= 0.3 is 0 Å². The van der Waals surface area contributed by atoms with Crippen molar-refractivity contribution in [3.63, 3.8) is 0 Å². The molecule has 5 heteroatoms. The molecule has 0 N–H and O–H groups in total. The van der Waals surface area contributed by atoms with Crippen molar-refractivity contribution in [2.24, 2.45) is 0 Å². The second-order valence-corrected chi connectivity index (χ2v) is 2.85. The van der Waals surface area contributed by atoms with Gasteiger partial charge in [0.1, 0.15) is 0 Å². The standard InChI is InChI=1S/C6H6N4S/c1-2-4-3-7-5-6(8-4)11-10-9-5/h3H,2H2,1H3. The highest BCUT2D eigenvalue weighted by Gasteiger charge is 2.00. The zero-order valence-corrected chi connectivity index (χ0v) is 6.80. The Morgan fingerprint density at radius 3 is 3.27 bits per heavy atom. The molecule has 4 nitrogen and oxygen atoms in total. The van der Waals surface area contributed by atoms with Crippen LogP contribution in [0.2, 0.25) is 0 Å². The number of nitrogens with zero attached hydrogens (tertiary/aromatic N) is 4. The van der Waals surface area contributed by atoms with Crippen molar-refractivity contribution < 1.29 is 0 Å². The molecule has 0 spiro atoms. The lowest BCUT2D eigenvalue weighted by molar-refractivity contribution is 1.03. The van der Waals surface area contributed by atoms with E-state index in [-0.39, 0.29) is 0 Å². The Morgan fingerprint density at radius 2 is 2.45 bits per heavy atom. The lowest BCUT2D eigenvalue weighted by atomic mass is 10.4. The summed E-state index contributed by atoms with van der Waals surface area (Å²) < 4.78 is 3.74. The van der Waals surface area contributed by atoms with Gasteiger partial charge in [0.05, 0.1) is 11.9 Å². The Balaban J connectivity index is 2.67. The molecule has 0 radical (unpaired) electrons. The van der Waals surface area contributed by atoms with E-state index in [1.165, 1.54) is 11.5 Å². The Kier molecular flexibility index (Phi) is 1.50. The summed E-state index contributed by atoms with van der Waals surface area (Å²) in [5, 5.41) is 3.79. The van der Waals surface area contributed by atoms with E-state index in [9.17, 15) is 0 Å². The van der Waals surface area contributed by atoms with Crippen molar-refractivity contribution in [3.8, 4) is 0 Å². The van der Waals surface area contributed by atoms with Gasteiger partial charge in [0.25, 0.3) is 0 Å². The molecular formula is C6H6N4S. The summed E-state index contributed by atoms with van der Waals surface area (Å²) in [6, 6.07) is 0. The van der Waals surface area contributed by atoms with Crippen molar-refractivity contribution in [2.45, 2.75) is 13.3 Å². The minimum absolute atomic E-state index is 0.646. The first-order valence-corrected chi connectivity index (χ1v) is 4.11. The summed E-state index contributed by atoms with van der Waals surface area (Å²) in [6.07, 6.45) is 2.64. The number of fused-ring (bicyclic) bond motifs is 1. The number of aromatic nitrogens is 4. The maximum absolute atomic E-state index is 4.28. The number of hydrogen-bond donors (Lipinski definition) is 0. The topological polar surface area (TPSA) is 51.6 Å². The summed E-state index contributed by atoms with van der Waals surface area (Å²) in [5.41, 5.74) is 1.63. The van der Waals surface area contributed by atoms with E-state index in [2.05, 4.69) is 19.6 Å². The maximum Gasteiger partial charge on any atom is 0.213 e. The predicted octanol–water partition coefficient (Wildman–Crippen LogP) is 1.04. The van der Waals surface area contributed by atoms with Gasteiger partial charge in [0, 0.05) is 11.5 Å². The Labute approximate surface area is 67.5 Å². The van der Waals surface area contributed by atoms with Gasteiger partial charge < -0.3 is 0 Å². The summed E-state index contributed by atoms with van der Waals surface area (Å²) in [5.74, 6) is 0. The second-order valence-electron chi connectivity index (χ2n) is 2.12. The van der Waals surface area contributed by atoms with Gasteiger partial charge in [0.2, 0.25) is 5.65 Å². The smallest absolute Gasteiger partial charge is 0.213 e. The summed E-state index contributed by atoms with van der Waals surface area (Å²) in [7, 11) is 0. The maximum atomic E-state index is 4.28. The van der Waals surface area contributed by atoms with Crippen molar-refractivity contribution in [3.05, 3.63) is 11.9 Å². The molecule has 0 aliphatic rings. The van der Waals surface area contributed by atoms with Crippen molar-refractivity contribution in [1.82, 2.24) is 19.6 Å². The largest absolute Gasteiger partial charge is 0.236 e. The van der Waals surface area contributed by atoms with Crippen LogP contribution in [0.15, 0.2) is 6.20 Å². The molecule has 0 amide bonds. The van der Waals surface area contributed by atoms with Crippen molar-refractivity contribution in [2.75, 3.05) is 0 Å². The monoisotopic (exact) mass is 166 g/mol. The molecule has 0 fully saturated rings. The molecule has 0 saturated heterocycles. The van der Waals surface area contributed by atoms with E-state index in [4.69, 9.17) is 0 Å². The highest BCUT2D eigenvalue weighted by atomic mass is 32.1. The molecule has 2 aromatic rings. The van der Waals surface area contributed by atoms with Gasteiger partial charge in [-0.05, 0) is 6.42 Å². The lowest BCUT2D eigenvalue weighted by Crippen LogP contribution is -1.88. The Bertz CT molecular complexity index is 369. The third-order valence-electron chi connectivity index (χ3n) is 1.40. The van der Waals surface area contributed by atoms with E-state index in [0.29, 0.717) is 5.65 Å². The van der Waals surface area contributed by atoms with E-state index in [0.717, 1.165) is 16.9 Å². The van der Waals surface area contributed by atoms with Gasteiger partial charge in [-0.1, -0.05) is 11.4 Å². The molecule has 0 aliphatic carbocycles. The average Bonchev–Trinajstić information content (AvgIpc) is 2.50. The van der Waals surface area contributed by atoms with Crippen LogP contribution in [0.5, 0.6) is 0 Å². The van der Waals surface area contributed by atoms with Crippen LogP contribution in [0.4, 0.5) is 0 Å². The SMILES string of the molecule is CCc1cnc2nnsc2n1. The van der Waals surface area contributed by atoms with E-state index in [1.54, 1.807) is 6.20 Å². The molecule has 0 bridgehead atoms. The fourth-order valence-corrected chi connectivity index (χ4v) is 1.33. The Hall–Kier alpha value is -1.10. The van der Waals surface area contributed by atoms with Crippen LogP contribution in [-0.2, 0) is 6.42 Å². The first kappa shape index (κ1) is 6.60. The van der Waals surface area contributed by atoms with Crippen LogP contribution in [-0.4, -0.2) is 19.6 Å². The number of hydrogen-bond acceptors (Lipinski definition) is 5. The van der Waals surface area contributed by atoms with Gasteiger partial charge in [0.15, 0.2) is 4.83 Å². The van der Waals surface area contributed by atoms with Crippen molar-refractivity contribution in [1.29, 1.82) is 0 Å². The van der Waals surface area contributed by atoms with Crippen molar-refractivity contribution >= 4 is 22.0 Å².